The second-order valence-corrected chi connectivity index (χ2v) is 3.41. The molecule has 1 aliphatic rings. The Kier molecular flexibility index (Phi) is 2.49. The Morgan fingerprint density at radius 1 is 1.27 bits per heavy atom. The Bertz CT molecular complexity index is 124. The van der Waals surface area contributed by atoms with Gasteiger partial charge in [-0.1, -0.05) is 0 Å². The Balaban J connectivity index is 2.61. The number of hydrogen-bond donors (Lipinski definition) is 4. The second kappa shape index (κ2) is 3.06. The molecule has 0 aromatic rings. The highest BCUT2D eigenvalue weighted by molar-refractivity contribution is 4.94. The van der Waals surface area contributed by atoms with Gasteiger partial charge in [-0.2, -0.15) is 0 Å². The summed E-state index contributed by atoms with van der Waals surface area (Å²) in [6, 6.07) is 0. The summed E-state index contributed by atoms with van der Waals surface area (Å²) >= 11 is 0. The van der Waals surface area contributed by atoms with Crippen molar-refractivity contribution in [2.24, 2.45) is 11.1 Å². The fourth-order valence-corrected chi connectivity index (χ4v) is 1.60. The minimum absolute atomic E-state index is 0.0579. The van der Waals surface area contributed by atoms with E-state index in [1.54, 1.807) is 0 Å². The molecule has 1 fully saturated rings. The highest BCUT2D eigenvalue weighted by Gasteiger charge is 2.42. The second-order valence-electron chi connectivity index (χ2n) is 3.41. The topological polar surface area (TPSA) is 86.7 Å². The van der Waals surface area contributed by atoms with Gasteiger partial charge < -0.3 is 21.1 Å². The lowest BCUT2D eigenvalue weighted by molar-refractivity contribution is 0.0438. The molecule has 3 atom stereocenters. The van der Waals surface area contributed by atoms with Crippen LogP contribution >= 0.6 is 0 Å². The van der Waals surface area contributed by atoms with Crippen LogP contribution in [0.4, 0.5) is 0 Å². The fraction of sp³-hybridized carbons (Fsp3) is 1.00. The lowest BCUT2D eigenvalue weighted by Gasteiger charge is -2.23. The van der Waals surface area contributed by atoms with Crippen molar-refractivity contribution in [2.75, 3.05) is 13.2 Å². The van der Waals surface area contributed by atoms with Gasteiger partial charge >= 0.3 is 0 Å². The summed E-state index contributed by atoms with van der Waals surface area (Å²) in [5, 5.41) is 27.3. The van der Waals surface area contributed by atoms with Crippen molar-refractivity contribution in [1.29, 1.82) is 0 Å². The number of hydrogen-bond acceptors (Lipinski definition) is 4. The number of aliphatic hydroxyl groups excluding tert-OH is 3. The minimum atomic E-state index is -0.717. The highest BCUT2D eigenvalue weighted by Crippen LogP contribution is 2.36. The molecule has 4 nitrogen and oxygen atoms in total. The molecule has 0 aromatic heterocycles. The van der Waals surface area contributed by atoms with Crippen molar-refractivity contribution in [3.63, 3.8) is 0 Å². The van der Waals surface area contributed by atoms with Crippen LogP contribution in [0.5, 0.6) is 0 Å². The summed E-state index contributed by atoms with van der Waals surface area (Å²) < 4.78 is 0. The van der Waals surface area contributed by atoms with Crippen LogP contribution in [0.2, 0.25) is 0 Å². The summed E-state index contributed by atoms with van der Waals surface area (Å²) in [7, 11) is 0. The van der Waals surface area contributed by atoms with E-state index in [1.165, 1.54) is 0 Å². The van der Waals surface area contributed by atoms with Crippen molar-refractivity contribution in [3.05, 3.63) is 0 Å². The van der Waals surface area contributed by atoms with E-state index in [9.17, 15) is 10.2 Å². The summed E-state index contributed by atoms with van der Waals surface area (Å²) in [5.41, 5.74) is 4.98. The zero-order valence-electron chi connectivity index (χ0n) is 6.40. The van der Waals surface area contributed by atoms with E-state index in [0.29, 0.717) is 19.4 Å². The van der Waals surface area contributed by atoms with Crippen LogP contribution in [0.15, 0.2) is 0 Å². The van der Waals surface area contributed by atoms with Gasteiger partial charge in [0, 0.05) is 12.0 Å². The third-order valence-electron chi connectivity index (χ3n) is 2.50. The van der Waals surface area contributed by atoms with Crippen LogP contribution in [-0.2, 0) is 0 Å². The van der Waals surface area contributed by atoms with E-state index >= 15 is 0 Å². The first kappa shape index (κ1) is 8.93. The average Bonchev–Trinajstić information content (AvgIpc) is 2.29. The Morgan fingerprint density at radius 3 is 1.91 bits per heavy atom. The van der Waals surface area contributed by atoms with Crippen molar-refractivity contribution < 1.29 is 15.3 Å². The molecule has 66 valence electrons. The van der Waals surface area contributed by atoms with Crippen LogP contribution < -0.4 is 5.73 Å². The molecule has 1 unspecified atom stereocenters. The van der Waals surface area contributed by atoms with Crippen LogP contribution in [0.25, 0.3) is 0 Å². The molecular formula is C7H15NO3. The summed E-state index contributed by atoms with van der Waals surface area (Å²) in [6.45, 7) is 0.259. The highest BCUT2D eigenvalue weighted by atomic mass is 16.3. The lowest BCUT2D eigenvalue weighted by atomic mass is 9.87. The maximum Gasteiger partial charge on any atom is 0.0806 e. The zero-order valence-corrected chi connectivity index (χ0v) is 6.40. The van der Waals surface area contributed by atoms with E-state index in [4.69, 9.17) is 10.8 Å². The molecule has 1 saturated carbocycles. The van der Waals surface area contributed by atoms with Crippen molar-refractivity contribution >= 4 is 0 Å². The van der Waals surface area contributed by atoms with Crippen molar-refractivity contribution in [3.8, 4) is 0 Å². The maximum atomic E-state index is 9.18. The molecule has 1 aliphatic carbocycles. The average molecular weight is 161 g/mol. The van der Waals surface area contributed by atoms with Crippen LogP contribution in [0.1, 0.15) is 12.8 Å². The minimum Gasteiger partial charge on any atom is -0.396 e. The fourth-order valence-electron chi connectivity index (χ4n) is 1.60. The smallest absolute Gasteiger partial charge is 0.0806 e. The largest absolute Gasteiger partial charge is 0.396 e. The van der Waals surface area contributed by atoms with Crippen LogP contribution in [0, 0.1) is 5.41 Å². The van der Waals surface area contributed by atoms with Gasteiger partial charge in [-0.3, -0.25) is 0 Å². The molecule has 1 rings (SSSR count). The van der Waals surface area contributed by atoms with Gasteiger partial charge in [0.25, 0.3) is 0 Å². The third-order valence-corrected chi connectivity index (χ3v) is 2.50. The molecule has 5 N–H and O–H groups in total. The van der Waals surface area contributed by atoms with Gasteiger partial charge in [0.05, 0.1) is 18.8 Å². The predicted molar refractivity (Wildman–Crippen MR) is 39.8 cm³/mol. The lowest BCUT2D eigenvalue weighted by Crippen LogP contribution is -2.32. The van der Waals surface area contributed by atoms with Gasteiger partial charge in [-0.15, -0.1) is 0 Å². The van der Waals surface area contributed by atoms with E-state index < -0.39 is 17.6 Å². The molecule has 4 heteroatoms. The first-order valence-electron chi connectivity index (χ1n) is 3.80. The number of rotatable bonds is 2. The summed E-state index contributed by atoms with van der Waals surface area (Å²) in [6.07, 6.45) is -0.626. The molecule has 0 radical (unpaired) electrons. The van der Waals surface area contributed by atoms with E-state index in [2.05, 4.69) is 0 Å². The van der Waals surface area contributed by atoms with Crippen molar-refractivity contribution in [2.45, 2.75) is 25.0 Å². The van der Waals surface area contributed by atoms with Gasteiger partial charge in [-0.05, 0) is 12.8 Å². The maximum absolute atomic E-state index is 9.18. The molecule has 0 heterocycles. The standard InChI is InChI=1S/C7H15NO3/c8-3-7(4-9)1-5(10)6(11)2-7/h5-6,9-11H,1-4,8H2/t5-,6+,7?. The molecule has 0 saturated heterocycles. The summed E-state index contributed by atoms with van der Waals surface area (Å²) in [5.74, 6) is 0. The first-order valence-corrected chi connectivity index (χ1v) is 3.80. The monoisotopic (exact) mass is 161 g/mol. The van der Waals surface area contributed by atoms with Gasteiger partial charge in [0.2, 0.25) is 0 Å². The normalized spacial score (nSPS) is 44.7. The van der Waals surface area contributed by atoms with Gasteiger partial charge in [0.1, 0.15) is 0 Å². The predicted octanol–water partition coefficient (Wildman–Crippen LogP) is -1.56. The number of aliphatic hydroxyl groups is 3. The Morgan fingerprint density at radius 2 is 1.73 bits per heavy atom. The molecule has 0 amide bonds. The Hall–Kier alpha value is -0.160. The molecular weight excluding hydrogens is 146 g/mol. The molecule has 0 aromatic carbocycles. The summed E-state index contributed by atoms with van der Waals surface area (Å²) in [4.78, 5) is 0. The SMILES string of the molecule is NCC1(CO)C[C@@H](O)[C@@H](O)C1. The zero-order chi connectivity index (χ0) is 8.48. The van der Waals surface area contributed by atoms with Crippen LogP contribution in [-0.4, -0.2) is 40.7 Å². The molecule has 0 bridgehead atoms. The van der Waals surface area contributed by atoms with Gasteiger partial charge in [0.15, 0.2) is 0 Å². The molecule has 0 spiro atoms. The number of nitrogens with two attached hydrogens (primary N) is 1. The Labute approximate surface area is 65.6 Å². The van der Waals surface area contributed by atoms with Crippen LogP contribution in [0.3, 0.4) is 0 Å². The quantitative estimate of drug-likeness (QED) is 0.394. The van der Waals surface area contributed by atoms with Gasteiger partial charge in [-0.25, -0.2) is 0 Å². The van der Waals surface area contributed by atoms with E-state index in [0.717, 1.165) is 0 Å². The molecule has 11 heavy (non-hydrogen) atoms. The molecule has 0 aliphatic heterocycles. The third kappa shape index (κ3) is 1.54. The van der Waals surface area contributed by atoms with Crippen molar-refractivity contribution in [1.82, 2.24) is 0 Å². The first-order chi connectivity index (χ1) is 5.13. The van der Waals surface area contributed by atoms with E-state index in [-0.39, 0.29) is 6.61 Å². The van der Waals surface area contributed by atoms with E-state index in [1.807, 2.05) is 0 Å².